The molecule has 0 radical (unpaired) electrons. The maximum absolute atomic E-state index is 13.6. The topological polar surface area (TPSA) is 61.1 Å². The minimum Gasteiger partial charge on any atom is -0.477 e. The highest BCUT2D eigenvalue weighted by atomic mass is 19.1. The van der Waals surface area contributed by atoms with E-state index in [2.05, 4.69) is 44.0 Å². The molecule has 1 aromatic heterocycles. The van der Waals surface area contributed by atoms with Crippen molar-refractivity contribution in [3.05, 3.63) is 88.4 Å². The van der Waals surface area contributed by atoms with Crippen molar-refractivity contribution in [1.82, 2.24) is 14.5 Å². The molecule has 0 saturated carbocycles. The van der Waals surface area contributed by atoms with Crippen LogP contribution < -0.4 is 0 Å². The highest BCUT2D eigenvalue weighted by Gasteiger charge is 2.51. The summed E-state index contributed by atoms with van der Waals surface area (Å²) >= 11 is 0. The number of aryl methyl sites for hydroxylation is 1. The smallest absolute Gasteiger partial charge is 0.211 e. The number of oxime groups is 1. The van der Waals surface area contributed by atoms with Crippen LogP contribution in [0.15, 0.2) is 59.8 Å². The molecule has 8 heteroatoms. The van der Waals surface area contributed by atoms with Gasteiger partial charge in [-0.1, -0.05) is 23.4 Å². The number of amidine groups is 1. The summed E-state index contributed by atoms with van der Waals surface area (Å²) < 4.78 is 27.8. The highest BCUT2D eigenvalue weighted by molar-refractivity contribution is 6.01. The van der Waals surface area contributed by atoms with Crippen LogP contribution in [0.4, 0.5) is 4.39 Å². The van der Waals surface area contributed by atoms with Crippen LogP contribution in [0.1, 0.15) is 34.0 Å². The fraction of sp³-hybridized carbons (Fsp3) is 0.333. The number of fused-ring (bicyclic) bond motifs is 2. The molecule has 35 heavy (non-hydrogen) atoms. The lowest BCUT2D eigenvalue weighted by Crippen LogP contribution is -2.64. The molecular weight excluding hydrogens is 447 g/mol. The van der Waals surface area contributed by atoms with Crippen molar-refractivity contribution in [3.8, 4) is 5.69 Å². The number of hydrogen-bond acceptors (Lipinski definition) is 6. The number of imidazole rings is 1. The lowest BCUT2D eigenvalue weighted by Gasteiger charge is -2.52. The monoisotopic (exact) mass is 472 g/mol. The van der Waals surface area contributed by atoms with E-state index < -0.39 is 5.60 Å². The first kappa shape index (κ1) is 20.7. The number of hydrogen-bond donors (Lipinski definition) is 0. The average molecular weight is 473 g/mol. The Bertz CT molecular complexity index is 1370. The van der Waals surface area contributed by atoms with Gasteiger partial charge in [-0.25, -0.2) is 9.37 Å². The Labute approximate surface area is 202 Å². The summed E-state index contributed by atoms with van der Waals surface area (Å²) in [5, 5.41) is 4.41. The van der Waals surface area contributed by atoms with Crippen LogP contribution >= 0.6 is 0 Å². The lowest BCUT2D eigenvalue weighted by atomic mass is 9.83. The van der Waals surface area contributed by atoms with E-state index in [1.165, 1.54) is 28.9 Å². The van der Waals surface area contributed by atoms with Crippen molar-refractivity contribution in [2.24, 2.45) is 5.16 Å². The van der Waals surface area contributed by atoms with Gasteiger partial charge in [0, 0.05) is 11.9 Å². The maximum atomic E-state index is 13.6. The second kappa shape index (κ2) is 7.68. The standard InChI is InChI=1S/C27H25FN4O3/c1-17-11-31(16-29-17)23-9-4-19(21-7-8-22(21)23)10-25-26-30-34-12-24(18-2-5-20(28)6-3-18)32(26)13-27(35-25)14-33-15-27/h2-6,9-11,16,24H,7-8,12-15H2,1H3/b25-10-. The van der Waals surface area contributed by atoms with Crippen molar-refractivity contribution < 1.29 is 18.7 Å². The number of benzene rings is 2. The molecule has 2 fully saturated rings. The molecule has 178 valence electrons. The summed E-state index contributed by atoms with van der Waals surface area (Å²) in [6.45, 7) is 4.10. The van der Waals surface area contributed by atoms with E-state index in [1.54, 1.807) is 0 Å². The molecule has 0 bridgehead atoms. The van der Waals surface area contributed by atoms with Crippen molar-refractivity contribution in [1.29, 1.82) is 0 Å². The quantitative estimate of drug-likeness (QED) is 0.578. The highest BCUT2D eigenvalue weighted by Crippen LogP contribution is 2.40. The van der Waals surface area contributed by atoms with Crippen molar-refractivity contribution in [3.63, 3.8) is 0 Å². The number of halogens is 1. The van der Waals surface area contributed by atoms with Gasteiger partial charge in [-0.2, -0.15) is 0 Å². The molecule has 2 aromatic carbocycles. The SMILES string of the molecule is Cc1cn(-c2ccc(/C=C3\OC4(COC4)CN4C3=NOCC4c3ccc(F)cc3)c3c2CC3)cn1. The largest absolute Gasteiger partial charge is 0.477 e. The molecule has 1 atom stereocenters. The summed E-state index contributed by atoms with van der Waals surface area (Å²) in [7, 11) is 0. The van der Waals surface area contributed by atoms with Crippen LogP contribution in [0.5, 0.6) is 0 Å². The van der Waals surface area contributed by atoms with E-state index >= 15 is 0 Å². The van der Waals surface area contributed by atoms with E-state index in [-0.39, 0.29) is 11.9 Å². The predicted molar refractivity (Wildman–Crippen MR) is 128 cm³/mol. The Kier molecular flexibility index (Phi) is 4.54. The zero-order valence-electron chi connectivity index (χ0n) is 19.4. The van der Waals surface area contributed by atoms with E-state index in [4.69, 9.17) is 14.3 Å². The number of nitrogens with zero attached hydrogens (tertiary/aromatic N) is 4. The van der Waals surface area contributed by atoms with Crippen LogP contribution in [-0.4, -0.2) is 52.3 Å². The maximum Gasteiger partial charge on any atom is 0.211 e. The Balaban J connectivity index is 1.27. The summed E-state index contributed by atoms with van der Waals surface area (Å²) in [5.41, 5.74) is 6.55. The molecule has 3 aromatic rings. The van der Waals surface area contributed by atoms with E-state index in [0.717, 1.165) is 29.7 Å². The molecule has 4 aliphatic rings. The first-order chi connectivity index (χ1) is 17.1. The Morgan fingerprint density at radius 2 is 1.91 bits per heavy atom. The van der Waals surface area contributed by atoms with Gasteiger partial charge in [-0.3, -0.25) is 0 Å². The molecule has 1 aliphatic carbocycles. The van der Waals surface area contributed by atoms with Crippen LogP contribution in [0.2, 0.25) is 0 Å². The van der Waals surface area contributed by atoms with Gasteiger partial charge < -0.3 is 23.8 Å². The van der Waals surface area contributed by atoms with E-state index in [9.17, 15) is 4.39 Å². The van der Waals surface area contributed by atoms with Gasteiger partial charge in [0.05, 0.1) is 37.8 Å². The average Bonchev–Trinajstić information content (AvgIpc) is 3.25. The van der Waals surface area contributed by atoms with Crippen LogP contribution in [0.25, 0.3) is 11.8 Å². The molecule has 2 saturated heterocycles. The van der Waals surface area contributed by atoms with Crippen molar-refractivity contribution in [2.45, 2.75) is 31.4 Å². The molecule has 0 amide bonds. The van der Waals surface area contributed by atoms with Gasteiger partial charge in [-0.05, 0) is 66.3 Å². The van der Waals surface area contributed by atoms with Gasteiger partial charge in [-0.15, -0.1) is 0 Å². The van der Waals surface area contributed by atoms with Gasteiger partial charge >= 0.3 is 0 Å². The molecule has 0 N–H and O–H groups in total. The number of rotatable bonds is 3. The number of morpholine rings is 1. The lowest BCUT2D eigenvalue weighted by molar-refractivity contribution is -0.204. The Morgan fingerprint density at radius 3 is 2.60 bits per heavy atom. The molecule has 7 nitrogen and oxygen atoms in total. The Morgan fingerprint density at radius 1 is 1.09 bits per heavy atom. The predicted octanol–water partition coefficient (Wildman–Crippen LogP) is 3.95. The van der Waals surface area contributed by atoms with Crippen molar-refractivity contribution >= 4 is 11.9 Å². The number of ether oxygens (including phenoxy) is 2. The summed E-state index contributed by atoms with van der Waals surface area (Å²) in [4.78, 5) is 12.3. The fourth-order valence-corrected chi connectivity index (χ4v) is 5.40. The first-order valence-corrected chi connectivity index (χ1v) is 12.0. The minimum atomic E-state index is -0.415. The zero-order chi connectivity index (χ0) is 23.6. The van der Waals surface area contributed by atoms with Crippen LogP contribution in [0, 0.1) is 12.7 Å². The van der Waals surface area contributed by atoms with Crippen LogP contribution in [-0.2, 0) is 27.2 Å². The third-order valence-corrected chi connectivity index (χ3v) is 7.37. The third-order valence-electron chi connectivity index (χ3n) is 7.37. The first-order valence-electron chi connectivity index (χ1n) is 12.0. The summed E-state index contributed by atoms with van der Waals surface area (Å²) in [6, 6.07) is 10.8. The summed E-state index contributed by atoms with van der Waals surface area (Å²) in [6.07, 6.45) is 8.07. The fourth-order valence-electron chi connectivity index (χ4n) is 5.40. The Hall–Kier alpha value is -3.65. The molecule has 1 unspecified atom stereocenters. The van der Waals surface area contributed by atoms with Gasteiger partial charge in [0.15, 0.2) is 11.4 Å². The van der Waals surface area contributed by atoms with E-state index in [0.29, 0.717) is 38.0 Å². The van der Waals surface area contributed by atoms with Gasteiger partial charge in [0.1, 0.15) is 12.4 Å². The van der Waals surface area contributed by atoms with E-state index in [1.807, 2.05) is 25.4 Å². The molecule has 4 heterocycles. The molecule has 7 rings (SSSR count). The molecular formula is C27H25FN4O3. The van der Waals surface area contributed by atoms with Crippen LogP contribution in [0.3, 0.4) is 0 Å². The number of aromatic nitrogens is 2. The van der Waals surface area contributed by atoms with Crippen molar-refractivity contribution in [2.75, 3.05) is 26.4 Å². The summed E-state index contributed by atoms with van der Waals surface area (Å²) in [5.74, 6) is 1.11. The minimum absolute atomic E-state index is 0.0809. The second-order valence-electron chi connectivity index (χ2n) is 9.75. The third kappa shape index (κ3) is 3.35. The van der Waals surface area contributed by atoms with Gasteiger partial charge in [0.25, 0.3) is 0 Å². The normalized spacial score (nSPS) is 22.9. The second-order valence-corrected chi connectivity index (χ2v) is 9.75. The van der Waals surface area contributed by atoms with Gasteiger partial charge in [0.2, 0.25) is 5.84 Å². The zero-order valence-corrected chi connectivity index (χ0v) is 19.4. The molecule has 1 spiro atoms. The molecule has 3 aliphatic heterocycles.